The van der Waals surface area contributed by atoms with E-state index in [4.69, 9.17) is 14.4 Å². The van der Waals surface area contributed by atoms with Crippen LogP contribution in [0.4, 0.5) is 5.82 Å². The topological polar surface area (TPSA) is 66.4 Å². The van der Waals surface area contributed by atoms with Crippen molar-refractivity contribution in [1.82, 2.24) is 14.5 Å². The molecule has 0 aliphatic carbocycles. The van der Waals surface area contributed by atoms with Gasteiger partial charge in [0, 0.05) is 14.1 Å². The third-order valence-electron chi connectivity index (χ3n) is 6.52. The van der Waals surface area contributed by atoms with Gasteiger partial charge >= 0.3 is 0 Å². The molecule has 4 aromatic rings. The summed E-state index contributed by atoms with van der Waals surface area (Å²) in [7, 11) is 0.854. The molecule has 0 saturated heterocycles. The van der Waals surface area contributed by atoms with Crippen molar-refractivity contribution in [2.75, 3.05) is 14.1 Å². The Labute approximate surface area is 227 Å². The third kappa shape index (κ3) is 5.62. The van der Waals surface area contributed by atoms with E-state index in [1.165, 1.54) is 0 Å². The summed E-state index contributed by atoms with van der Waals surface area (Å²) >= 11 is 0. The highest BCUT2D eigenvalue weighted by Crippen LogP contribution is 2.40. The Kier molecular flexibility index (Phi) is 8.25. The summed E-state index contributed by atoms with van der Waals surface area (Å²) in [4.78, 5) is 11.3. The van der Waals surface area contributed by atoms with Gasteiger partial charge in [0.15, 0.2) is 11.9 Å². The van der Waals surface area contributed by atoms with Crippen LogP contribution in [0.2, 0.25) is 5.04 Å². The summed E-state index contributed by atoms with van der Waals surface area (Å²) in [5.41, 5.74) is 1.65. The Morgan fingerprint density at radius 3 is 1.95 bits per heavy atom. The fourth-order valence-electron chi connectivity index (χ4n) is 4.79. The first-order chi connectivity index (χ1) is 18.3. The lowest BCUT2D eigenvalue weighted by molar-refractivity contribution is 0.241. The maximum absolute atomic E-state index is 10.5. The lowest BCUT2D eigenvalue weighted by atomic mass is 10.2. The molecule has 1 heterocycles. The molecule has 0 aliphatic heterocycles. The zero-order chi connectivity index (χ0) is 27.2. The van der Waals surface area contributed by atoms with Gasteiger partial charge in [-0.1, -0.05) is 112 Å². The second-order valence-electron chi connectivity index (χ2n) is 10.6. The van der Waals surface area contributed by atoms with Gasteiger partial charge in [0.1, 0.15) is 11.8 Å². The molecule has 1 aromatic heterocycles. The van der Waals surface area contributed by atoms with E-state index in [-0.39, 0.29) is 5.04 Å². The van der Waals surface area contributed by atoms with E-state index < -0.39 is 14.4 Å². The SMILES string of the molecule is CN(C)/C=N/c1c(C(C#N)O[Si](c2ccccc2)(c2ccccc2)C(C)(C)C)ncn1Cc1ccccc1. The van der Waals surface area contributed by atoms with Gasteiger partial charge in [-0.05, 0) is 21.0 Å². The summed E-state index contributed by atoms with van der Waals surface area (Å²) in [5, 5.41) is 12.5. The van der Waals surface area contributed by atoms with Crippen LogP contribution in [0, 0.1) is 11.3 Å². The van der Waals surface area contributed by atoms with Gasteiger partial charge in [-0.3, -0.25) is 0 Å². The molecular weight excluding hydrogens is 486 g/mol. The number of imidazole rings is 1. The molecule has 0 spiro atoms. The van der Waals surface area contributed by atoms with Crippen LogP contribution < -0.4 is 10.4 Å². The highest BCUT2D eigenvalue weighted by Gasteiger charge is 2.52. The van der Waals surface area contributed by atoms with Gasteiger partial charge in [-0.2, -0.15) is 5.26 Å². The van der Waals surface area contributed by atoms with Crippen LogP contribution in [-0.2, 0) is 11.0 Å². The molecular formula is C31H35N5OSi. The molecule has 0 aliphatic rings. The van der Waals surface area contributed by atoms with Gasteiger partial charge in [0.25, 0.3) is 8.32 Å². The summed E-state index contributed by atoms with van der Waals surface area (Å²) in [6, 6.07) is 33.3. The van der Waals surface area contributed by atoms with E-state index in [2.05, 4.69) is 63.2 Å². The second kappa shape index (κ2) is 11.6. The number of aromatic nitrogens is 2. The van der Waals surface area contributed by atoms with E-state index in [1.807, 2.05) is 78.2 Å². The number of aliphatic imine (C=N–C) groups is 1. The quantitative estimate of drug-likeness (QED) is 0.170. The standard InChI is InChI=1S/C31H35N5OSi/c1-31(2,3)38(26-17-11-7-12-18-26,27-19-13-8-14-20-27)37-28(21-32)29-30(34-23-35(4)5)36(24-33-29)22-25-15-9-6-10-16-25/h6-20,23-24,28H,22H2,1-5H3/b34-23+. The van der Waals surface area contributed by atoms with E-state index >= 15 is 0 Å². The number of hydrogen-bond donors (Lipinski definition) is 0. The molecule has 0 amide bonds. The normalized spacial score (nSPS) is 12.8. The average molecular weight is 522 g/mol. The van der Waals surface area contributed by atoms with Crippen molar-refractivity contribution in [1.29, 1.82) is 5.26 Å². The first-order valence-corrected chi connectivity index (χ1v) is 14.6. The Balaban J connectivity index is 1.86. The molecule has 6 nitrogen and oxygen atoms in total. The smallest absolute Gasteiger partial charge is 0.263 e. The van der Waals surface area contributed by atoms with Gasteiger partial charge in [-0.15, -0.1) is 0 Å². The Morgan fingerprint density at radius 2 is 1.47 bits per heavy atom. The minimum absolute atomic E-state index is 0.273. The predicted molar refractivity (Wildman–Crippen MR) is 157 cm³/mol. The zero-order valence-electron chi connectivity index (χ0n) is 22.7. The second-order valence-corrected chi connectivity index (χ2v) is 14.8. The van der Waals surface area contributed by atoms with E-state index in [9.17, 15) is 5.26 Å². The average Bonchev–Trinajstić information content (AvgIpc) is 3.31. The first kappa shape index (κ1) is 27.1. The molecule has 0 saturated carbocycles. The lowest BCUT2D eigenvalue weighted by Gasteiger charge is -2.43. The van der Waals surface area contributed by atoms with Crippen molar-refractivity contribution in [3.63, 3.8) is 0 Å². The molecule has 0 radical (unpaired) electrons. The minimum Gasteiger partial charge on any atom is -0.387 e. The van der Waals surface area contributed by atoms with Crippen molar-refractivity contribution in [2.24, 2.45) is 4.99 Å². The Bertz CT molecular complexity index is 1350. The van der Waals surface area contributed by atoms with Gasteiger partial charge < -0.3 is 13.9 Å². The molecule has 0 N–H and O–H groups in total. The van der Waals surface area contributed by atoms with Gasteiger partial charge in [0.05, 0.1) is 19.2 Å². The van der Waals surface area contributed by atoms with Crippen LogP contribution in [0.5, 0.6) is 0 Å². The van der Waals surface area contributed by atoms with Crippen molar-refractivity contribution in [2.45, 2.75) is 38.5 Å². The van der Waals surface area contributed by atoms with Crippen LogP contribution in [0.3, 0.4) is 0 Å². The van der Waals surface area contributed by atoms with Crippen LogP contribution in [0.25, 0.3) is 0 Å². The number of nitriles is 1. The third-order valence-corrected chi connectivity index (χ3v) is 11.5. The summed E-state index contributed by atoms with van der Waals surface area (Å²) < 4.78 is 9.11. The molecule has 1 atom stereocenters. The van der Waals surface area contributed by atoms with Crippen molar-refractivity contribution < 1.29 is 4.43 Å². The highest BCUT2D eigenvalue weighted by molar-refractivity contribution is 6.99. The number of benzene rings is 3. The highest BCUT2D eigenvalue weighted by atomic mass is 28.4. The van der Waals surface area contributed by atoms with E-state index in [0.29, 0.717) is 18.1 Å². The van der Waals surface area contributed by atoms with Crippen molar-refractivity contribution in [3.05, 3.63) is 109 Å². The zero-order valence-corrected chi connectivity index (χ0v) is 23.7. The van der Waals surface area contributed by atoms with Crippen LogP contribution in [0.1, 0.15) is 38.1 Å². The number of hydrogen-bond acceptors (Lipinski definition) is 4. The lowest BCUT2D eigenvalue weighted by Crippen LogP contribution is -2.66. The fraction of sp³-hybridized carbons (Fsp3) is 0.258. The first-order valence-electron chi connectivity index (χ1n) is 12.7. The molecule has 0 bridgehead atoms. The van der Waals surface area contributed by atoms with Crippen LogP contribution in [-0.4, -0.2) is 43.2 Å². The van der Waals surface area contributed by atoms with Crippen LogP contribution in [0.15, 0.2) is 102 Å². The van der Waals surface area contributed by atoms with E-state index in [0.717, 1.165) is 15.9 Å². The van der Waals surface area contributed by atoms with Crippen molar-refractivity contribution >= 4 is 30.8 Å². The van der Waals surface area contributed by atoms with Gasteiger partial charge in [0.2, 0.25) is 0 Å². The number of nitrogens with zero attached hydrogens (tertiary/aromatic N) is 5. The Morgan fingerprint density at radius 1 is 0.947 bits per heavy atom. The molecule has 1 unspecified atom stereocenters. The fourth-order valence-corrected chi connectivity index (χ4v) is 9.33. The predicted octanol–water partition coefficient (Wildman–Crippen LogP) is 5.29. The van der Waals surface area contributed by atoms with Crippen LogP contribution >= 0.6 is 0 Å². The van der Waals surface area contributed by atoms with E-state index in [1.54, 1.807) is 12.7 Å². The largest absolute Gasteiger partial charge is 0.387 e. The molecule has 4 rings (SSSR count). The molecule has 0 fully saturated rings. The Hall–Kier alpha value is -3.99. The monoisotopic (exact) mass is 521 g/mol. The maximum Gasteiger partial charge on any atom is 0.263 e. The molecule has 7 heteroatoms. The van der Waals surface area contributed by atoms with Gasteiger partial charge in [-0.25, -0.2) is 9.98 Å². The summed E-state index contributed by atoms with van der Waals surface area (Å²) in [6.07, 6.45) is 2.58. The number of rotatable bonds is 9. The maximum atomic E-state index is 10.5. The summed E-state index contributed by atoms with van der Waals surface area (Å²) in [5.74, 6) is 0.618. The van der Waals surface area contributed by atoms with Crippen molar-refractivity contribution in [3.8, 4) is 6.07 Å². The molecule has 38 heavy (non-hydrogen) atoms. The molecule has 194 valence electrons. The minimum atomic E-state index is -2.98. The summed E-state index contributed by atoms with van der Waals surface area (Å²) in [6.45, 7) is 7.19. The molecule has 3 aromatic carbocycles.